The van der Waals surface area contributed by atoms with Crippen LogP contribution in [0.5, 0.6) is 0 Å². The summed E-state index contributed by atoms with van der Waals surface area (Å²) in [6.07, 6.45) is 1.49. The molecule has 1 unspecified atom stereocenters. The van der Waals surface area contributed by atoms with Gasteiger partial charge in [0.15, 0.2) is 15.1 Å². The second-order valence-corrected chi connectivity index (χ2v) is 6.14. The van der Waals surface area contributed by atoms with Crippen molar-refractivity contribution in [3.05, 3.63) is 34.7 Å². The van der Waals surface area contributed by atoms with E-state index in [0.717, 1.165) is 0 Å². The summed E-state index contributed by atoms with van der Waals surface area (Å²) in [5.74, 6) is -1.71. The number of aliphatic carboxylic acids is 1. The Kier molecular flexibility index (Phi) is 4.66. The van der Waals surface area contributed by atoms with Gasteiger partial charge in [0.1, 0.15) is 0 Å². The minimum atomic E-state index is -3.75. The highest BCUT2D eigenvalue weighted by molar-refractivity contribution is 7.92. The molecule has 0 saturated carbocycles. The number of pyridine rings is 1. The Morgan fingerprint density at radius 3 is 2.61 bits per heavy atom. The molecule has 0 aliphatic carbocycles. The predicted octanol–water partition coefficient (Wildman–Crippen LogP) is 0.126. The lowest BCUT2D eigenvalue weighted by Crippen LogP contribution is -2.34. The monoisotopic (exact) mass is 273 g/mol. The second-order valence-electron chi connectivity index (χ2n) is 3.83. The van der Waals surface area contributed by atoms with Gasteiger partial charge in [0.05, 0.1) is 5.75 Å². The standard InChI is InChI=1S/C11H15NO5S/c1-2-9(11(14)15)18(16,17)8-7-12-6-4-3-5-10(12)13/h3-6,9H,2,7-8H2,1H3,(H,14,15). The number of carboxylic acid groups (broad SMARTS) is 1. The average molecular weight is 273 g/mol. The van der Waals surface area contributed by atoms with Gasteiger partial charge in [-0.2, -0.15) is 0 Å². The maximum absolute atomic E-state index is 11.8. The van der Waals surface area contributed by atoms with Crippen LogP contribution in [0.25, 0.3) is 0 Å². The van der Waals surface area contributed by atoms with Crippen molar-refractivity contribution in [2.24, 2.45) is 0 Å². The van der Waals surface area contributed by atoms with Crippen LogP contribution >= 0.6 is 0 Å². The molecule has 0 aliphatic rings. The van der Waals surface area contributed by atoms with E-state index in [9.17, 15) is 18.0 Å². The Bertz CT molecular complexity index is 575. The molecule has 18 heavy (non-hydrogen) atoms. The summed E-state index contributed by atoms with van der Waals surface area (Å²) >= 11 is 0. The summed E-state index contributed by atoms with van der Waals surface area (Å²) in [6, 6.07) is 4.49. The average Bonchev–Trinajstić information content (AvgIpc) is 2.28. The Morgan fingerprint density at radius 1 is 1.44 bits per heavy atom. The fourth-order valence-corrected chi connectivity index (χ4v) is 3.15. The Labute approximate surface area is 105 Å². The van der Waals surface area contributed by atoms with Crippen LogP contribution in [0.1, 0.15) is 13.3 Å². The van der Waals surface area contributed by atoms with E-state index in [1.165, 1.54) is 23.8 Å². The molecular formula is C11H15NO5S. The van der Waals surface area contributed by atoms with Crippen LogP contribution in [0.15, 0.2) is 29.2 Å². The van der Waals surface area contributed by atoms with Crippen LogP contribution in [-0.2, 0) is 21.2 Å². The first-order valence-corrected chi connectivity index (χ1v) is 7.20. The summed E-state index contributed by atoms with van der Waals surface area (Å²) in [6.45, 7) is 1.47. The zero-order chi connectivity index (χ0) is 13.8. The van der Waals surface area contributed by atoms with Gasteiger partial charge in [-0.3, -0.25) is 9.59 Å². The predicted molar refractivity (Wildman–Crippen MR) is 66.2 cm³/mol. The van der Waals surface area contributed by atoms with Crippen molar-refractivity contribution in [2.45, 2.75) is 25.1 Å². The zero-order valence-electron chi connectivity index (χ0n) is 9.94. The van der Waals surface area contributed by atoms with E-state index in [1.54, 1.807) is 12.1 Å². The summed E-state index contributed by atoms with van der Waals surface area (Å²) in [5, 5.41) is 7.41. The molecule has 0 fully saturated rings. The molecule has 1 aromatic rings. The number of carbonyl (C=O) groups is 1. The highest BCUT2D eigenvalue weighted by atomic mass is 32.2. The molecule has 1 heterocycles. The molecule has 0 bridgehead atoms. The highest BCUT2D eigenvalue weighted by Crippen LogP contribution is 2.08. The van der Waals surface area contributed by atoms with Crippen LogP contribution in [0, 0.1) is 0 Å². The number of rotatable bonds is 6. The third-order valence-electron chi connectivity index (χ3n) is 2.60. The normalized spacial score (nSPS) is 13.2. The molecule has 1 rings (SSSR count). The molecule has 0 amide bonds. The van der Waals surface area contributed by atoms with Crippen molar-refractivity contribution in [1.82, 2.24) is 4.57 Å². The SMILES string of the molecule is CCC(C(=O)O)S(=O)(=O)CCn1ccccc1=O. The molecule has 0 aromatic carbocycles. The van der Waals surface area contributed by atoms with Crippen LogP contribution in [-0.4, -0.2) is 35.1 Å². The lowest BCUT2D eigenvalue weighted by atomic mass is 10.3. The summed E-state index contributed by atoms with van der Waals surface area (Å²) < 4.78 is 24.8. The maximum atomic E-state index is 11.8. The van der Waals surface area contributed by atoms with Gasteiger partial charge in [0.2, 0.25) is 0 Å². The minimum Gasteiger partial charge on any atom is -0.480 e. The van der Waals surface area contributed by atoms with Gasteiger partial charge in [-0.1, -0.05) is 13.0 Å². The van der Waals surface area contributed by atoms with Crippen molar-refractivity contribution in [3.8, 4) is 0 Å². The first kappa shape index (κ1) is 14.4. The van der Waals surface area contributed by atoms with E-state index >= 15 is 0 Å². The van der Waals surface area contributed by atoms with E-state index in [-0.39, 0.29) is 24.3 Å². The van der Waals surface area contributed by atoms with Crippen molar-refractivity contribution >= 4 is 15.8 Å². The van der Waals surface area contributed by atoms with Gasteiger partial charge in [-0.05, 0) is 12.5 Å². The van der Waals surface area contributed by atoms with Crippen LogP contribution in [0.4, 0.5) is 0 Å². The van der Waals surface area contributed by atoms with Crippen molar-refractivity contribution in [2.75, 3.05) is 5.75 Å². The number of hydrogen-bond acceptors (Lipinski definition) is 4. The quantitative estimate of drug-likeness (QED) is 0.795. The third kappa shape index (κ3) is 3.43. The lowest BCUT2D eigenvalue weighted by molar-refractivity contribution is -0.136. The maximum Gasteiger partial charge on any atom is 0.321 e. The number of carboxylic acids is 1. The number of hydrogen-bond donors (Lipinski definition) is 1. The summed E-state index contributed by atoms with van der Waals surface area (Å²) in [5.41, 5.74) is -0.309. The Morgan fingerprint density at radius 2 is 2.11 bits per heavy atom. The number of aryl methyl sites for hydroxylation is 1. The van der Waals surface area contributed by atoms with Gasteiger partial charge < -0.3 is 9.67 Å². The van der Waals surface area contributed by atoms with Crippen molar-refractivity contribution in [1.29, 1.82) is 0 Å². The molecule has 0 aliphatic heterocycles. The Hall–Kier alpha value is -1.63. The fraction of sp³-hybridized carbons (Fsp3) is 0.455. The first-order valence-electron chi connectivity index (χ1n) is 5.48. The molecule has 0 radical (unpaired) electrons. The van der Waals surface area contributed by atoms with E-state index < -0.39 is 21.1 Å². The Balaban J connectivity index is 2.83. The van der Waals surface area contributed by atoms with Gasteiger partial charge >= 0.3 is 5.97 Å². The summed E-state index contributed by atoms with van der Waals surface area (Å²) in [4.78, 5) is 22.2. The van der Waals surface area contributed by atoms with Crippen LogP contribution in [0.3, 0.4) is 0 Å². The second kappa shape index (κ2) is 5.81. The minimum absolute atomic E-state index is 0.0152. The molecule has 0 saturated heterocycles. The van der Waals surface area contributed by atoms with E-state index in [2.05, 4.69) is 0 Å². The topological polar surface area (TPSA) is 93.4 Å². The number of sulfone groups is 1. The van der Waals surface area contributed by atoms with Gasteiger partial charge in [0, 0.05) is 18.8 Å². The first-order chi connectivity index (χ1) is 8.38. The van der Waals surface area contributed by atoms with Crippen molar-refractivity contribution in [3.63, 3.8) is 0 Å². The largest absolute Gasteiger partial charge is 0.480 e. The highest BCUT2D eigenvalue weighted by Gasteiger charge is 2.30. The molecule has 0 spiro atoms. The summed E-state index contributed by atoms with van der Waals surface area (Å²) in [7, 11) is -3.75. The smallest absolute Gasteiger partial charge is 0.321 e. The molecule has 6 nitrogen and oxygen atoms in total. The van der Waals surface area contributed by atoms with E-state index in [1.807, 2.05) is 0 Å². The van der Waals surface area contributed by atoms with Gasteiger partial charge in [-0.15, -0.1) is 0 Å². The molecule has 100 valence electrons. The van der Waals surface area contributed by atoms with E-state index in [0.29, 0.717) is 0 Å². The van der Waals surface area contributed by atoms with E-state index in [4.69, 9.17) is 5.11 Å². The molecule has 1 atom stereocenters. The van der Waals surface area contributed by atoms with Crippen molar-refractivity contribution < 1.29 is 18.3 Å². The number of nitrogens with zero attached hydrogens (tertiary/aromatic N) is 1. The molecule has 1 aromatic heterocycles. The molecule has 7 heteroatoms. The van der Waals surface area contributed by atoms with Crippen LogP contribution in [0.2, 0.25) is 0 Å². The van der Waals surface area contributed by atoms with Gasteiger partial charge in [-0.25, -0.2) is 8.42 Å². The third-order valence-corrected chi connectivity index (χ3v) is 4.75. The molecular weight excluding hydrogens is 258 g/mol. The number of aromatic nitrogens is 1. The lowest BCUT2D eigenvalue weighted by Gasteiger charge is -2.11. The fourth-order valence-electron chi connectivity index (χ4n) is 1.60. The zero-order valence-corrected chi connectivity index (χ0v) is 10.8. The van der Waals surface area contributed by atoms with Crippen LogP contribution < -0.4 is 5.56 Å². The van der Waals surface area contributed by atoms with Gasteiger partial charge in [0.25, 0.3) is 5.56 Å². The molecule has 1 N–H and O–H groups in total.